The highest BCUT2D eigenvalue weighted by Crippen LogP contribution is 2.16. The van der Waals surface area contributed by atoms with Gasteiger partial charge in [0.15, 0.2) is 0 Å². The number of hydrogen-bond donors (Lipinski definition) is 1. The molecule has 1 rings (SSSR count). The number of hydrogen-bond acceptors (Lipinski definition) is 1. The first-order valence-corrected chi connectivity index (χ1v) is 5.97. The van der Waals surface area contributed by atoms with Gasteiger partial charge in [-0.25, -0.2) is 4.39 Å². The summed E-state index contributed by atoms with van der Waals surface area (Å²) >= 11 is 3.14. The lowest BCUT2D eigenvalue weighted by Gasteiger charge is -2.17. The minimum Gasteiger partial charge on any atom is -0.310 e. The molecule has 0 aliphatic rings. The van der Waals surface area contributed by atoms with Gasteiger partial charge in [0, 0.05) is 12.6 Å². The van der Waals surface area contributed by atoms with Gasteiger partial charge in [-0.2, -0.15) is 0 Å². The molecule has 0 aromatic heterocycles. The van der Waals surface area contributed by atoms with E-state index >= 15 is 0 Å². The van der Waals surface area contributed by atoms with Gasteiger partial charge < -0.3 is 5.32 Å². The van der Waals surface area contributed by atoms with E-state index < -0.39 is 0 Å². The first kappa shape index (κ1) is 12.7. The first-order chi connectivity index (χ1) is 7.00. The van der Waals surface area contributed by atoms with Crippen molar-refractivity contribution in [3.8, 4) is 0 Å². The fourth-order valence-corrected chi connectivity index (χ4v) is 1.41. The fourth-order valence-electron chi connectivity index (χ4n) is 1.16. The van der Waals surface area contributed by atoms with Gasteiger partial charge in [-0.1, -0.05) is 19.9 Å². The lowest BCUT2D eigenvalue weighted by Crippen LogP contribution is -2.30. The van der Waals surface area contributed by atoms with Gasteiger partial charge in [0.2, 0.25) is 0 Å². The second-order valence-electron chi connectivity index (χ2n) is 4.16. The molecule has 15 heavy (non-hydrogen) atoms. The van der Waals surface area contributed by atoms with E-state index in [2.05, 4.69) is 42.0 Å². The number of nitrogens with one attached hydrogen (secondary N) is 1. The van der Waals surface area contributed by atoms with Crippen LogP contribution in [-0.4, -0.2) is 6.04 Å². The minimum atomic E-state index is -0.202. The summed E-state index contributed by atoms with van der Waals surface area (Å²) in [6.07, 6.45) is 0. The Morgan fingerprint density at radius 2 is 2.00 bits per heavy atom. The Hall–Kier alpha value is -0.410. The maximum atomic E-state index is 13.2. The van der Waals surface area contributed by atoms with Crippen LogP contribution in [0.25, 0.3) is 0 Å². The van der Waals surface area contributed by atoms with Gasteiger partial charge in [-0.15, -0.1) is 0 Å². The van der Waals surface area contributed by atoms with E-state index in [1.807, 2.05) is 6.07 Å². The molecule has 0 saturated carbocycles. The number of rotatable bonds is 4. The molecule has 0 spiro atoms. The average molecular weight is 274 g/mol. The lowest BCUT2D eigenvalue weighted by molar-refractivity contribution is 0.425. The zero-order valence-corrected chi connectivity index (χ0v) is 10.9. The van der Waals surface area contributed by atoms with E-state index in [9.17, 15) is 4.39 Å². The van der Waals surface area contributed by atoms with Crippen LogP contribution in [0.1, 0.15) is 26.3 Å². The molecule has 0 radical (unpaired) electrons. The Morgan fingerprint density at radius 3 is 2.53 bits per heavy atom. The Morgan fingerprint density at radius 1 is 1.33 bits per heavy atom. The highest BCUT2D eigenvalue weighted by Gasteiger charge is 2.06. The SMILES string of the molecule is CC(C)[C@H](C)NCc1ccc(Br)c(F)c1. The molecule has 1 aromatic rings. The molecule has 84 valence electrons. The van der Waals surface area contributed by atoms with E-state index in [-0.39, 0.29) is 5.82 Å². The maximum absolute atomic E-state index is 13.2. The second kappa shape index (κ2) is 5.61. The maximum Gasteiger partial charge on any atom is 0.137 e. The molecule has 0 unspecified atom stereocenters. The van der Waals surface area contributed by atoms with Crippen LogP contribution in [-0.2, 0) is 6.54 Å². The van der Waals surface area contributed by atoms with Crippen molar-refractivity contribution in [2.75, 3.05) is 0 Å². The molecule has 0 fully saturated rings. The third-order valence-corrected chi connectivity index (χ3v) is 3.26. The normalized spacial score (nSPS) is 13.2. The van der Waals surface area contributed by atoms with Gasteiger partial charge in [0.25, 0.3) is 0 Å². The molecule has 0 bridgehead atoms. The standard InChI is InChI=1S/C12H17BrFN/c1-8(2)9(3)15-7-10-4-5-11(13)12(14)6-10/h4-6,8-9,15H,7H2,1-3H3/t9-/m0/s1. The van der Waals surface area contributed by atoms with Crippen molar-refractivity contribution in [1.82, 2.24) is 5.32 Å². The summed E-state index contributed by atoms with van der Waals surface area (Å²) in [5.41, 5.74) is 0.975. The van der Waals surface area contributed by atoms with E-state index in [4.69, 9.17) is 0 Å². The Kier molecular flexibility index (Phi) is 4.74. The van der Waals surface area contributed by atoms with Gasteiger partial charge in [-0.05, 0) is 46.5 Å². The number of benzene rings is 1. The summed E-state index contributed by atoms with van der Waals surface area (Å²) in [5.74, 6) is 0.386. The Balaban J connectivity index is 2.55. The van der Waals surface area contributed by atoms with Crippen molar-refractivity contribution < 1.29 is 4.39 Å². The largest absolute Gasteiger partial charge is 0.310 e. The predicted molar refractivity (Wildman–Crippen MR) is 65.2 cm³/mol. The first-order valence-electron chi connectivity index (χ1n) is 5.18. The molecular formula is C12H17BrFN. The Labute approximate surface area is 99.2 Å². The summed E-state index contributed by atoms with van der Waals surface area (Å²) in [6.45, 7) is 7.18. The van der Waals surface area contributed by atoms with Crippen LogP contribution in [0.3, 0.4) is 0 Å². The van der Waals surface area contributed by atoms with Crippen molar-refractivity contribution in [1.29, 1.82) is 0 Å². The highest BCUT2D eigenvalue weighted by atomic mass is 79.9. The summed E-state index contributed by atoms with van der Waals surface area (Å²) in [7, 11) is 0. The topological polar surface area (TPSA) is 12.0 Å². The molecule has 0 heterocycles. The zero-order valence-electron chi connectivity index (χ0n) is 9.35. The van der Waals surface area contributed by atoms with E-state index in [0.29, 0.717) is 23.0 Å². The quantitative estimate of drug-likeness (QED) is 0.882. The van der Waals surface area contributed by atoms with Crippen molar-refractivity contribution in [2.45, 2.75) is 33.4 Å². The smallest absolute Gasteiger partial charge is 0.137 e. The Bertz CT molecular complexity index is 325. The summed E-state index contributed by atoms with van der Waals surface area (Å²) in [4.78, 5) is 0. The van der Waals surface area contributed by atoms with Crippen LogP contribution < -0.4 is 5.32 Å². The van der Waals surface area contributed by atoms with Gasteiger partial charge in [0.05, 0.1) is 4.47 Å². The predicted octanol–water partition coefficient (Wildman–Crippen LogP) is 3.72. The summed E-state index contributed by atoms with van der Waals surface area (Å²) in [5, 5.41) is 3.36. The second-order valence-corrected chi connectivity index (χ2v) is 5.02. The molecule has 1 atom stereocenters. The molecule has 0 saturated heterocycles. The molecule has 0 aliphatic heterocycles. The van der Waals surface area contributed by atoms with Crippen molar-refractivity contribution in [3.05, 3.63) is 34.1 Å². The van der Waals surface area contributed by atoms with E-state index in [1.54, 1.807) is 12.1 Å². The van der Waals surface area contributed by atoms with Gasteiger partial charge in [-0.3, -0.25) is 0 Å². The highest BCUT2D eigenvalue weighted by molar-refractivity contribution is 9.10. The van der Waals surface area contributed by atoms with Crippen LogP contribution >= 0.6 is 15.9 Å². The van der Waals surface area contributed by atoms with Crippen LogP contribution in [0, 0.1) is 11.7 Å². The van der Waals surface area contributed by atoms with Crippen molar-refractivity contribution >= 4 is 15.9 Å². The number of halogens is 2. The molecule has 1 nitrogen and oxygen atoms in total. The van der Waals surface area contributed by atoms with E-state index in [0.717, 1.165) is 5.56 Å². The van der Waals surface area contributed by atoms with Crippen LogP contribution in [0.5, 0.6) is 0 Å². The molecule has 0 aliphatic carbocycles. The summed E-state index contributed by atoms with van der Waals surface area (Å²) in [6, 6.07) is 5.67. The molecule has 1 aromatic carbocycles. The fraction of sp³-hybridized carbons (Fsp3) is 0.500. The van der Waals surface area contributed by atoms with Crippen molar-refractivity contribution in [3.63, 3.8) is 0 Å². The van der Waals surface area contributed by atoms with Crippen LogP contribution in [0.15, 0.2) is 22.7 Å². The zero-order chi connectivity index (χ0) is 11.4. The molecular weight excluding hydrogens is 257 g/mol. The van der Waals surface area contributed by atoms with Crippen molar-refractivity contribution in [2.24, 2.45) is 5.92 Å². The molecule has 3 heteroatoms. The van der Waals surface area contributed by atoms with Gasteiger partial charge in [0.1, 0.15) is 5.82 Å². The molecule has 0 amide bonds. The van der Waals surface area contributed by atoms with E-state index in [1.165, 1.54) is 0 Å². The van der Waals surface area contributed by atoms with Gasteiger partial charge >= 0.3 is 0 Å². The average Bonchev–Trinajstić information content (AvgIpc) is 2.19. The monoisotopic (exact) mass is 273 g/mol. The molecule has 1 N–H and O–H groups in total. The minimum absolute atomic E-state index is 0.202. The lowest BCUT2D eigenvalue weighted by atomic mass is 10.1. The third kappa shape index (κ3) is 3.92. The summed E-state index contributed by atoms with van der Waals surface area (Å²) < 4.78 is 13.7. The van der Waals surface area contributed by atoms with Crippen LogP contribution in [0.4, 0.5) is 4.39 Å². The third-order valence-electron chi connectivity index (χ3n) is 2.61. The van der Waals surface area contributed by atoms with Crippen LogP contribution in [0.2, 0.25) is 0 Å².